The largest absolute Gasteiger partial charge is 0.382 e. The Bertz CT molecular complexity index is 172. The first-order chi connectivity index (χ1) is 6.43. The van der Waals surface area contributed by atoms with Crippen LogP contribution in [0.5, 0.6) is 0 Å². The molecule has 0 spiro atoms. The standard InChI is InChI=1S/C10H22N2O2/c1-7(2)4-5-8(3)12-6-9(13)10(11)14/h7-9,12-13H,4-6H2,1-3H3,(H2,11,14). The summed E-state index contributed by atoms with van der Waals surface area (Å²) < 4.78 is 0. The van der Waals surface area contributed by atoms with Gasteiger partial charge in [-0.3, -0.25) is 4.79 Å². The molecule has 0 saturated carbocycles. The Morgan fingerprint density at radius 1 is 1.36 bits per heavy atom. The molecule has 0 aromatic heterocycles. The number of hydrogen-bond acceptors (Lipinski definition) is 3. The number of carbonyl (C=O) groups is 1. The Morgan fingerprint density at radius 3 is 2.36 bits per heavy atom. The van der Waals surface area contributed by atoms with Crippen molar-refractivity contribution < 1.29 is 9.90 Å². The average Bonchev–Trinajstić information content (AvgIpc) is 2.10. The maximum atomic E-state index is 10.5. The molecule has 0 heterocycles. The van der Waals surface area contributed by atoms with Crippen LogP contribution in [0.25, 0.3) is 0 Å². The summed E-state index contributed by atoms with van der Waals surface area (Å²) >= 11 is 0. The average molecular weight is 202 g/mol. The van der Waals surface area contributed by atoms with Gasteiger partial charge in [-0.1, -0.05) is 13.8 Å². The summed E-state index contributed by atoms with van der Waals surface area (Å²) in [7, 11) is 0. The van der Waals surface area contributed by atoms with Gasteiger partial charge in [0.25, 0.3) is 0 Å². The zero-order chi connectivity index (χ0) is 11.1. The minimum atomic E-state index is -1.07. The predicted molar refractivity (Wildman–Crippen MR) is 56.7 cm³/mol. The first-order valence-electron chi connectivity index (χ1n) is 5.14. The molecule has 2 unspecified atom stereocenters. The van der Waals surface area contributed by atoms with Crippen LogP contribution in [-0.2, 0) is 4.79 Å². The highest BCUT2D eigenvalue weighted by molar-refractivity contribution is 5.78. The lowest BCUT2D eigenvalue weighted by Crippen LogP contribution is -2.40. The fourth-order valence-corrected chi connectivity index (χ4v) is 1.10. The summed E-state index contributed by atoms with van der Waals surface area (Å²) in [6, 6.07) is 0.311. The maximum absolute atomic E-state index is 10.5. The van der Waals surface area contributed by atoms with Gasteiger partial charge in [0, 0.05) is 12.6 Å². The molecule has 14 heavy (non-hydrogen) atoms. The second-order valence-corrected chi connectivity index (χ2v) is 4.20. The molecule has 84 valence electrons. The summed E-state index contributed by atoms with van der Waals surface area (Å²) in [5.74, 6) is 0.00822. The van der Waals surface area contributed by atoms with Crippen LogP contribution in [0.3, 0.4) is 0 Å². The van der Waals surface area contributed by atoms with Crippen molar-refractivity contribution >= 4 is 5.91 Å². The molecule has 0 aliphatic carbocycles. The molecule has 0 rings (SSSR count). The SMILES string of the molecule is CC(C)CCC(C)NCC(O)C(N)=O. The summed E-state index contributed by atoms with van der Waals surface area (Å²) in [6.45, 7) is 6.63. The molecule has 2 atom stereocenters. The van der Waals surface area contributed by atoms with Gasteiger partial charge in [0.05, 0.1) is 0 Å². The highest BCUT2D eigenvalue weighted by atomic mass is 16.3. The molecule has 0 aromatic carbocycles. The van der Waals surface area contributed by atoms with Gasteiger partial charge >= 0.3 is 0 Å². The quantitative estimate of drug-likeness (QED) is 0.554. The van der Waals surface area contributed by atoms with Crippen molar-refractivity contribution in [2.45, 2.75) is 45.8 Å². The number of nitrogens with one attached hydrogen (secondary N) is 1. The van der Waals surface area contributed by atoms with E-state index in [0.717, 1.165) is 12.8 Å². The summed E-state index contributed by atoms with van der Waals surface area (Å²) in [6.07, 6.45) is 1.11. The predicted octanol–water partition coefficient (Wildman–Crippen LogP) is 0.247. The molecule has 4 nitrogen and oxygen atoms in total. The highest BCUT2D eigenvalue weighted by Crippen LogP contribution is 2.06. The number of primary amides is 1. The molecule has 0 fully saturated rings. The van der Waals surface area contributed by atoms with Crippen molar-refractivity contribution in [3.05, 3.63) is 0 Å². The van der Waals surface area contributed by atoms with Gasteiger partial charge in [-0.15, -0.1) is 0 Å². The lowest BCUT2D eigenvalue weighted by Gasteiger charge is -2.16. The summed E-state index contributed by atoms with van der Waals surface area (Å²) in [5, 5.41) is 12.2. The van der Waals surface area contributed by atoms with Gasteiger partial charge in [0.15, 0.2) is 0 Å². The molecular weight excluding hydrogens is 180 g/mol. The monoisotopic (exact) mass is 202 g/mol. The molecule has 0 saturated heterocycles. The number of carbonyl (C=O) groups excluding carboxylic acids is 1. The number of nitrogens with two attached hydrogens (primary N) is 1. The molecular formula is C10H22N2O2. The van der Waals surface area contributed by atoms with E-state index in [1.165, 1.54) is 0 Å². The third kappa shape index (κ3) is 6.86. The second kappa shape index (κ2) is 6.79. The Kier molecular flexibility index (Phi) is 6.49. The lowest BCUT2D eigenvalue weighted by molar-refractivity contribution is -0.125. The summed E-state index contributed by atoms with van der Waals surface area (Å²) in [4.78, 5) is 10.5. The Morgan fingerprint density at radius 2 is 1.93 bits per heavy atom. The zero-order valence-electron chi connectivity index (χ0n) is 9.29. The van der Waals surface area contributed by atoms with E-state index in [2.05, 4.69) is 19.2 Å². The molecule has 0 bridgehead atoms. The minimum absolute atomic E-state index is 0.245. The molecule has 4 heteroatoms. The van der Waals surface area contributed by atoms with Crippen molar-refractivity contribution in [1.29, 1.82) is 0 Å². The van der Waals surface area contributed by atoms with Crippen molar-refractivity contribution in [2.24, 2.45) is 11.7 Å². The topological polar surface area (TPSA) is 75.3 Å². The molecule has 0 aliphatic rings. The Labute approximate surface area is 85.9 Å². The van der Waals surface area contributed by atoms with Gasteiger partial charge in [-0.05, 0) is 25.7 Å². The van der Waals surface area contributed by atoms with E-state index in [9.17, 15) is 4.79 Å². The van der Waals surface area contributed by atoms with Crippen molar-refractivity contribution in [3.8, 4) is 0 Å². The van der Waals surface area contributed by atoms with Crippen molar-refractivity contribution in [1.82, 2.24) is 5.32 Å². The first kappa shape index (κ1) is 13.4. The third-order valence-corrected chi connectivity index (χ3v) is 2.17. The molecule has 0 radical (unpaired) electrons. The second-order valence-electron chi connectivity index (χ2n) is 4.20. The number of rotatable bonds is 7. The van der Waals surface area contributed by atoms with E-state index in [1.807, 2.05) is 6.92 Å². The van der Waals surface area contributed by atoms with E-state index in [-0.39, 0.29) is 6.54 Å². The fraction of sp³-hybridized carbons (Fsp3) is 0.900. The van der Waals surface area contributed by atoms with Crippen molar-refractivity contribution in [2.75, 3.05) is 6.54 Å². The van der Waals surface area contributed by atoms with Gasteiger partial charge in [0.1, 0.15) is 6.10 Å². The maximum Gasteiger partial charge on any atom is 0.247 e. The van der Waals surface area contributed by atoms with Crippen molar-refractivity contribution in [3.63, 3.8) is 0 Å². The molecule has 4 N–H and O–H groups in total. The normalized spacial score (nSPS) is 15.5. The molecule has 1 amide bonds. The van der Waals surface area contributed by atoms with Gasteiger partial charge in [-0.25, -0.2) is 0 Å². The summed E-state index contributed by atoms with van der Waals surface area (Å²) in [5.41, 5.74) is 4.92. The number of aliphatic hydroxyl groups excluding tert-OH is 1. The van der Waals surface area contributed by atoms with E-state index < -0.39 is 12.0 Å². The Hall–Kier alpha value is -0.610. The zero-order valence-corrected chi connectivity index (χ0v) is 9.29. The van der Waals surface area contributed by atoms with Crippen LogP contribution in [-0.4, -0.2) is 29.7 Å². The van der Waals surface area contributed by atoms with E-state index in [4.69, 9.17) is 10.8 Å². The number of hydrogen-bond donors (Lipinski definition) is 3. The van der Waals surface area contributed by atoms with E-state index in [0.29, 0.717) is 12.0 Å². The van der Waals surface area contributed by atoms with Gasteiger partial charge in [-0.2, -0.15) is 0 Å². The number of aliphatic hydroxyl groups is 1. The van der Waals surface area contributed by atoms with Crippen LogP contribution in [0, 0.1) is 5.92 Å². The van der Waals surface area contributed by atoms with Crippen LogP contribution in [0.4, 0.5) is 0 Å². The highest BCUT2D eigenvalue weighted by Gasteiger charge is 2.11. The van der Waals surface area contributed by atoms with E-state index >= 15 is 0 Å². The Balaban J connectivity index is 3.53. The lowest BCUT2D eigenvalue weighted by atomic mass is 10.0. The molecule has 0 aliphatic heterocycles. The van der Waals surface area contributed by atoms with E-state index in [1.54, 1.807) is 0 Å². The van der Waals surface area contributed by atoms with Gasteiger partial charge < -0.3 is 16.2 Å². The fourth-order valence-electron chi connectivity index (χ4n) is 1.10. The van der Waals surface area contributed by atoms with Crippen LogP contribution < -0.4 is 11.1 Å². The third-order valence-electron chi connectivity index (χ3n) is 2.17. The minimum Gasteiger partial charge on any atom is -0.382 e. The van der Waals surface area contributed by atoms with Crippen LogP contribution in [0.2, 0.25) is 0 Å². The first-order valence-corrected chi connectivity index (χ1v) is 5.14. The van der Waals surface area contributed by atoms with Crippen LogP contribution >= 0.6 is 0 Å². The van der Waals surface area contributed by atoms with Crippen LogP contribution in [0.15, 0.2) is 0 Å². The smallest absolute Gasteiger partial charge is 0.247 e. The molecule has 0 aromatic rings. The number of amides is 1. The van der Waals surface area contributed by atoms with Crippen LogP contribution in [0.1, 0.15) is 33.6 Å². The van der Waals surface area contributed by atoms with Gasteiger partial charge in [0.2, 0.25) is 5.91 Å².